The van der Waals surface area contributed by atoms with Crippen molar-refractivity contribution in [3.8, 4) is 17.3 Å². The average Bonchev–Trinajstić information content (AvgIpc) is 3.06. The number of hydrogen-bond acceptors (Lipinski definition) is 6. The van der Waals surface area contributed by atoms with E-state index in [4.69, 9.17) is 9.15 Å². The number of aromatic nitrogens is 3. The second-order valence-corrected chi connectivity index (χ2v) is 4.99. The number of ether oxygens (including phenoxy) is 1. The summed E-state index contributed by atoms with van der Waals surface area (Å²) in [7, 11) is 0. The molecule has 116 valence electrons. The van der Waals surface area contributed by atoms with Gasteiger partial charge in [-0.15, -0.1) is 0 Å². The maximum atomic E-state index is 12.1. The van der Waals surface area contributed by atoms with Crippen LogP contribution in [-0.4, -0.2) is 20.9 Å². The highest BCUT2D eigenvalue weighted by Gasteiger charge is 2.12. The molecule has 1 aromatic carbocycles. The molecule has 0 radical (unpaired) electrons. The van der Waals surface area contributed by atoms with Crippen LogP contribution in [0.15, 0.2) is 71.5 Å². The number of benzene rings is 1. The number of nitrogens with zero attached hydrogens (tertiary/aromatic N) is 3. The van der Waals surface area contributed by atoms with Crippen LogP contribution in [0.4, 0.5) is 0 Å². The van der Waals surface area contributed by atoms with Crippen LogP contribution in [-0.2, 0) is 0 Å². The van der Waals surface area contributed by atoms with Crippen LogP contribution in [0.2, 0.25) is 0 Å². The summed E-state index contributed by atoms with van der Waals surface area (Å²) in [6.07, 6.45) is 4.75. The van der Waals surface area contributed by atoms with Gasteiger partial charge in [-0.1, -0.05) is 6.07 Å². The van der Waals surface area contributed by atoms with Gasteiger partial charge >= 0.3 is 5.97 Å². The molecule has 0 aliphatic rings. The molecule has 3 aromatic heterocycles. The zero-order valence-electron chi connectivity index (χ0n) is 12.4. The highest BCUT2D eigenvalue weighted by molar-refractivity contribution is 5.91. The Bertz CT molecular complexity index is 998. The zero-order valence-corrected chi connectivity index (χ0v) is 12.4. The van der Waals surface area contributed by atoms with Crippen LogP contribution in [0.1, 0.15) is 10.4 Å². The number of oxazole rings is 1. The Kier molecular flexibility index (Phi) is 3.47. The lowest BCUT2D eigenvalue weighted by Gasteiger charge is -2.03. The zero-order chi connectivity index (χ0) is 16.4. The summed E-state index contributed by atoms with van der Waals surface area (Å²) < 4.78 is 11.1. The lowest BCUT2D eigenvalue weighted by atomic mass is 10.2. The topological polar surface area (TPSA) is 78.1 Å². The number of fused-ring (bicyclic) bond motifs is 1. The number of pyridine rings is 2. The minimum absolute atomic E-state index is 0.382. The van der Waals surface area contributed by atoms with E-state index in [9.17, 15) is 4.79 Å². The Morgan fingerprint density at radius 1 is 1.00 bits per heavy atom. The summed E-state index contributed by atoms with van der Waals surface area (Å²) in [6.45, 7) is 0. The molecule has 4 rings (SSSR count). The van der Waals surface area contributed by atoms with Crippen LogP contribution in [0, 0.1) is 0 Å². The van der Waals surface area contributed by atoms with Crippen molar-refractivity contribution in [1.29, 1.82) is 0 Å². The minimum atomic E-state index is -0.457. The lowest BCUT2D eigenvalue weighted by Crippen LogP contribution is -2.08. The molecule has 0 saturated heterocycles. The number of rotatable bonds is 3. The molecule has 0 aliphatic heterocycles. The van der Waals surface area contributed by atoms with Crippen molar-refractivity contribution >= 4 is 17.1 Å². The molecule has 6 heteroatoms. The molecule has 24 heavy (non-hydrogen) atoms. The van der Waals surface area contributed by atoms with E-state index in [0.29, 0.717) is 34.0 Å². The predicted molar refractivity (Wildman–Crippen MR) is 86.4 cm³/mol. The summed E-state index contributed by atoms with van der Waals surface area (Å²) in [5.74, 6) is 0.345. The molecule has 0 atom stereocenters. The third-order valence-corrected chi connectivity index (χ3v) is 3.37. The summed E-state index contributed by atoms with van der Waals surface area (Å²) >= 11 is 0. The Morgan fingerprint density at radius 2 is 1.88 bits per heavy atom. The standard InChI is InChI=1S/C18H11N3O3/c22-18(12-6-9-19-10-7-12)23-13-4-5-14-16(11-13)24-17(21-14)15-3-1-2-8-20-15/h1-11H. The molecule has 0 N–H and O–H groups in total. The third kappa shape index (κ3) is 2.72. The predicted octanol–water partition coefficient (Wildman–Crippen LogP) is 3.50. The smallest absolute Gasteiger partial charge is 0.343 e. The normalized spacial score (nSPS) is 10.7. The lowest BCUT2D eigenvalue weighted by molar-refractivity contribution is 0.0735. The van der Waals surface area contributed by atoms with Crippen molar-refractivity contribution in [2.45, 2.75) is 0 Å². The van der Waals surface area contributed by atoms with E-state index in [1.165, 1.54) is 12.4 Å². The van der Waals surface area contributed by atoms with Gasteiger partial charge in [-0.05, 0) is 36.4 Å². The molecule has 4 aromatic rings. The molecule has 0 aliphatic carbocycles. The molecule has 0 spiro atoms. The minimum Gasteiger partial charge on any atom is -0.435 e. The Hall–Kier alpha value is -3.54. The van der Waals surface area contributed by atoms with Gasteiger partial charge in [-0.2, -0.15) is 0 Å². The van der Waals surface area contributed by atoms with E-state index in [1.54, 1.807) is 36.5 Å². The highest BCUT2D eigenvalue weighted by atomic mass is 16.5. The fourth-order valence-electron chi connectivity index (χ4n) is 2.22. The first-order valence-corrected chi connectivity index (χ1v) is 7.24. The second kappa shape index (κ2) is 5.92. The first kappa shape index (κ1) is 14.1. The van der Waals surface area contributed by atoms with Crippen LogP contribution < -0.4 is 4.74 Å². The van der Waals surface area contributed by atoms with Gasteiger partial charge < -0.3 is 9.15 Å². The van der Waals surface area contributed by atoms with Gasteiger partial charge in [0.25, 0.3) is 0 Å². The molecule has 0 amide bonds. The van der Waals surface area contributed by atoms with Crippen molar-refractivity contribution in [2.75, 3.05) is 0 Å². The maximum absolute atomic E-state index is 12.1. The Labute approximate surface area is 136 Å². The van der Waals surface area contributed by atoms with Crippen molar-refractivity contribution in [3.05, 3.63) is 72.7 Å². The SMILES string of the molecule is O=C(Oc1ccc2nc(-c3ccccn3)oc2c1)c1ccncc1. The van der Waals surface area contributed by atoms with Crippen molar-refractivity contribution in [3.63, 3.8) is 0 Å². The van der Waals surface area contributed by atoms with Gasteiger partial charge in [-0.25, -0.2) is 9.78 Å². The third-order valence-electron chi connectivity index (χ3n) is 3.37. The number of carbonyl (C=O) groups is 1. The molecular formula is C18H11N3O3. The maximum Gasteiger partial charge on any atom is 0.343 e. The van der Waals surface area contributed by atoms with Gasteiger partial charge in [0.15, 0.2) is 5.58 Å². The molecule has 0 saturated carbocycles. The summed E-state index contributed by atoms with van der Waals surface area (Å²) in [6, 6.07) is 13.7. The number of esters is 1. The summed E-state index contributed by atoms with van der Waals surface area (Å²) in [5.41, 5.74) is 2.26. The first-order valence-electron chi connectivity index (χ1n) is 7.24. The molecular weight excluding hydrogens is 306 g/mol. The average molecular weight is 317 g/mol. The van der Waals surface area contributed by atoms with Crippen LogP contribution >= 0.6 is 0 Å². The van der Waals surface area contributed by atoms with Crippen LogP contribution in [0.3, 0.4) is 0 Å². The van der Waals surface area contributed by atoms with Crippen LogP contribution in [0.25, 0.3) is 22.7 Å². The van der Waals surface area contributed by atoms with Gasteiger partial charge in [-0.3, -0.25) is 9.97 Å². The fraction of sp³-hybridized carbons (Fsp3) is 0. The highest BCUT2D eigenvalue weighted by Crippen LogP contribution is 2.26. The summed E-state index contributed by atoms with van der Waals surface area (Å²) in [5, 5.41) is 0. The quantitative estimate of drug-likeness (QED) is 0.425. The van der Waals surface area contributed by atoms with E-state index >= 15 is 0 Å². The van der Waals surface area contributed by atoms with E-state index in [1.807, 2.05) is 18.2 Å². The van der Waals surface area contributed by atoms with Crippen molar-refractivity contribution in [2.24, 2.45) is 0 Å². The summed E-state index contributed by atoms with van der Waals surface area (Å²) in [4.78, 5) is 24.5. The number of carbonyl (C=O) groups excluding carboxylic acids is 1. The van der Waals surface area contributed by atoms with Crippen molar-refractivity contribution < 1.29 is 13.9 Å². The van der Waals surface area contributed by atoms with E-state index < -0.39 is 5.97 Å². The van der Waals surface area contributed by atoms with Gasteiger partial charge in [0.2, 0.25) is 5.89 Å². The van der Waals surface area contributed by atoms with E-state index in [2.05, 4.69) is 15.0 Å². The largest absolute Gasteiger partial charge is 0.435 e. The van der Waals surface area contributed by atoms with E-state index in [0.717, 1.165) is 0 Å². The second-order valence-electron chi connectivity index (χ2n) is 4.99. The Morgan fingerprint density at radius 3 is 2.67 bits per heavy atom. The van der Waals surface area contributed by atoms with Crippen molar-refractivity contribution in [1.82, 2.24) is 15.0 Å². The molecule has 6 nitrogen and oxygen atoms in total. The monoisotopic (exact) mass is 317 g/mol. The first-order chi connectivity index (χ1) is 11.8. The number of hydrogen-bond donors (Lipinski definition) is 0. The fourth-order valence-corrected chi connectivity index (χ4v) is 2.22. The van der Waals surface area contributed by atoms with Gasteiger partial charge in [0, 0.05) is 24.7 Å². The molecule has 0 unspecified atom stereocenters. The van der Waals surface area contributed by atoms with Gasteiger partial charge in [0.05, 0.1) is 5.56 Å². The molecule has 0 fully saturated rings. The van der Waals surface area contributed by atoms with Crippen LogP contribution in [0.5, 0.6) is 5.75 Å². The molecule has 0 bridgehead atoms. The van der Waals surface area contributed by atoms with E-state index in [-0.39, 0.29) is 0 Å². The Balaban J connectivity index is 1.63. The van der Waals surface area contributed by atoms with Gasteiger partial charge in [0.1, 0.15) is 17.0 Å². The molecule has 3 heterocycles.